The van der Waals surface area contributed by atoms with Gasteiger partial charge < -0.3 is 10.1 Å². The average molecular weight is 311 g/mol. The Labute approximate surface area is 136 Å². The van der Waals surface area contributed by atoms with Crippen molar-refractivity contribution in [3.8, 4) is 11.1 Å². The van der Waals surface area contributed by atoms with Crippen molar-refractivity contribution in [2.24, 2.45) is 0 Å². The first-order valence-electron chi connectivity index (χ1n) is 7.70. The van der Waals surface area contributed by atoms with Crippen LogP contribution in [0.3, 0.4) is 0 Å². The Morgan fingerprint density at radius 2 is 1.74 bits per heavy atom. The molecule has 0 aliphatic heterocycles. The number of amides is 1. The second-order valence-electron chi connectivity index (χ2n) is 5.20. The third-order valence-electron chi connectivity index (χ3n) is 3.71. The van der Waals surface area contributed by atoms with E-state index in [1.807, 2.05) is 43.3 Å². The van der Waals surface area contributed by atoms with Crippen LogP contribution >= 0.6 is 0 Å². The topological polar surface area (TPSA) is 55.4 Å². The molecule has 0 aliphatic rings. The summed E-state index contributed by atoms with van der Waals surface area (Å²) in [5, 5.41) is 2.82. The molecular weight excluding hydrogens is 290 g/mol. The first kappa shape index (κ1) is 16.7. The van der Waals surface area contributed by atoms with Crippen molar-refractivity contribution in [2.45, 2.75) is 26.7 Å². The van der Waals surface area contributed by atoms with Crippen molar-refractivity contribution in [3.05, 3.63) is 53.6 Å². The zero-order valence-corrected chi connectivity index (χ0v) is 13.7. The Hall–Kier alpha value is -2.62. The zero-order valence-electron chi connectivity index (χ0n) is 13.7. The van der Waals surface area contributed by atoms with Crippen LogP contribution in [0.5, 0.6) is 0 Å². The maximum Gasteiger partial charge on any atom is 0.337 e. The van der Waals surface area contributed by atoms with Crippen LogP contribution in [0.4, 0.5) is 5.69 Å². The minimum atomic E-state index is -0.347. The molecule has 0 aliphatic carbocycles. The summed E-state index contributed by atoms with van der Waals surface area (Å²) in [6.07, 6.45) is 1.31. The number of methoxy groups -OCH3 is 1. The molecule has 1 N–H and O–H groups in total. The lowest BCUT2D eigenvalue weighted by atomic mass is 9.95. The van der Waals surface area contributed by atoms with Crippen LogP contribution in [0.2, 0.25) is 0 Å². The van der Waals surface area contributed by atoms with Gasteiger partial charge in [-0.05, 0) is 47.4 Å². The summed E-state index contributed by atoms with van der Waals surface area (Å²) in [6, 6.07) is 13.2. The molecule has 23 heavy (non-hydrogen) atoms. The highest BCUT2D eigenvalue weighted by Gasteiger charge is 2.11. The number of carbonyl (C=O) groups is 2. The minimum absolute atomic E-state index is 0.0142. The van der Waals surface area contributed by atoms with Crippen LogP contribution in [0.25, 0.3) is 11.1 Å². The quantitative estimate of drug-likeness (QED) is 0.847. The molecule has 0 saturated carbocycles. The van der Waals surface area contributed by atoms with E-state index in [0.717, 1.165) is 28.8 Å². The van der Waals surface area contributed by atoms with Gasteiger partial charge in [0.05, 0.1) is 12.7 Å². The Bertz CT molecular complexity index is 705. The largest absolute Gasteiger partial charge is 0.465 e. The van der Waals surface area contributed by atoms with E-state index < -0.39 is 0 Å². The van der Waals surface area contributed by atoms with Gasteiger partial charge in [0.25, 0.3) is 0 Å². The maximum absolute atomic E-state index is 11.7. The van der Waals surface area contributed by atoms with Crippen LogP contribution in [0.1, 0.15) is 36.2 Å². The lowest BCUT2D eigenvalue weighted by molar-refractivity contribution is -0.115. The summed E-state index contributed by atoms with van der Waals surface area (Å²) in [5.74, 6) is -0.361. The van der Waals surface area contributed by atoms with Crippen LogP contribution in [0.15, 0.2) is 42.5 Å². The lowest BCUT2D eigenvalue weighted by Gasteiger charge is -2.11. The molecule has 4 nitrogen and oxygen atoms in total. The predicted octanol–water partition coefficient (Wildman–Crippen LogP) is 4.05. The number of anilines is 1. The van der Waals surface area contributed by atoms with E-state index in [-0.39, 0.29) is 11.9 Å². The van der Waals surface area contributed by atoms with E-state index in [0.29, 0.717) is 12.0 Å². The monoisotopic (exact) mass is 311 g/mol. The van der Waals surface area contributed by atoms with Gasteiger partial charge in [-0.15, -0.1) is 0 Å². The number of aryl methyl sites for hydroxylation is 1. The van der Waals surface area contributed by atoms with E-state index in [2.05, 4.69) is 12.2 Å². The summed E-state index contributed by atoms with van der Waals surface area (Å²) in [7, 11) is 1.38. The smallest absolute Gasteiger partial charge is 0.337 e. The molecule has 2 aromatic rings. The van der Waals surface area contributed by atoms with E-state index in [9.17, 15) is 9.59 Å². The molecule has 0 atom stereocenters. The van der Waals surface area contributed by atoms with E-state index >= 15 is 0 Å². The van der Waals surface area contributed by atoms with Crippen LogP contribution in [-0.4, -0.2) is 19.0 Å². The molecule has 4 heteroatoms. The SMILES string of the molecule is CCC(=O)Nc1ccc(-c2cc(C(=O)OC)ccc2CC)cc1. The number of hydrogen-bond donors (Lipinski definition) is 1. The molecule has 2 aromatic carbocycles. The third-order valence-corrected chi connectivity index (χ3v) is 3.71. The van der Waals surface area contributed by atoms with Crippen LogP contribution in [0, 0.1) is 0 Å². The first-order chi connectivity index (χ1) is 11.1. The fraction of sp³-hybridized carbons (Fsp3) is 0.263. The van der Waals surface area contributed by atoms with Gasteiger partial charge in [0, 0.05) is 12.1 Å². The van der Waals surface area contributed by atoms with Crippen molar-refractivity contribution in [3.63, 3.8) is 0 Å². The summed E-state index contributed by atoms with van der Waals surface area (Å²) in [4.78, 5) is 23.2. The van der Waals surface area contributed by atoms with Crippen molar-refractivity contribution in [2.75, 3.05) is 12.4 Å². The number of carbonyl (C=O) groups excluding carboxylic acids is 2. The molecule has 1 amide bonds. The highest BCUT2D eigenvalue weighted by molar-refractivity contribution is 5.92. The van der Waals surface area contributed by atoms with Crippen LogP contribution < -0.4 is 5.32 Å². The summed E-state index contributed by atoms with van der Waals surface area (Å²) >= 11 is 0. The molecule has 0 heterocycles. The van der Waals surface area contributed by atoms with Crippen molar-refractivity contribution in [1.82, 2.24) is 0 Å². The molecule has 0 saturated heterocycles. The zero-order chi connectivity index (χ0) is 16.8. The fourth-order valence-electron chi connectivity index (χ4n) is 2.38. The van der Waals surface area contributed by atoms with E-state index in [1.165, 1.54) is 7.11 Å². The van der Waals surface area contributed by atoms with Crippen molar-refractivity contribution >= 4 is 17.6 Å². The number of hydrogen-bond acceptors (Lipinski definition) is 3. The van der Waals surface area contributed by atoms with E-state index in [1.54, 1.807) is 6.07 Å². The van der Waals surface area contributed by atoms with Crippen molar-refractivity contribution < 1.29 is 14.3 Å². The van der Waals surface area contributed by atoms with Crippen molar-refractivity contribution in [1.29, 1.82) is 0 Å². The normalized spacial score (nSPS) is 10.2. The molecule has 0 bridgehead atoms. The van der Waals surface area contributed by atoms with E-state index in [4.69, 9.17) is 4.74 Å². The predicted molar refractivity (Wildman–Crippen MR) is 91.5 cm³/mol. The molecule has 0 fully saturated rings. The Kier molecular flexibility index (Phi) is 5.52. The molecular formula is C19H21NO3. The van der Waals surface area contributed by atoms with Gasteiger partial charge in [-0.3, -0.25) is 4.79 Å². The molecule has 0 unspecified atom stereocenters. The number of benzene rings is 2. The highest BCUT2D eigenvalue weighted by Crippen LogP contribution is 2.27. The average Bonchev–Trinajstić information content (AvgIpc) is 2.61. The molecule has 120 valence electrons. The molecule has 0 spiro atoms. The Morgan fingerprint density at radius 3 is 2.30 bits per heavy atom. The maximum atomic E-state index is 11.7. The summed E-state index contributed by atoms with van der Waals surface area (Å²) in [6.45, 7) is 3.89. The van der Waals surface area contributed by atoms with Crippen LogP contribution in [-0.2, 0) is 16.0 Å². The Morgan fingerprint density at radius 1 is 1.04 bits per heavy atom. The van der Waals surface area contributed by atoms with Gasteiger partial charge in [0.1, 0.15) is 0 Å². The van der Waals surface area contributed by atoms with Gasteiger partial charge in [-0.2, -0.15) is 0 Å². The molecule has 2 rings (SSSR count). The summed E-state index contributed by atoms with van der Waals surface area (Å²) in [5.41, 5.74) is 4.46. The second kappa shape index (κ2) is 7.58. The van der Waals surface area contributed by atoms with Gasteiger partial charge in [-0.25, -0.2) is 4.79 Å². The lowest BCUT2D eigenvalue weighted by Crippen LogP contribution is -2.09. The second-order valence-corrected chi connectivity index (χ2v) is 5.20. The first-order valence-corrected chi connectivity index (χ1v) is 7.70. The van der Waals surface area contributed by atoms with Gasteiger partial charge in [0.2, 0.25) is 5.91 Å². The van der Waals surface area contributed by atoms with Gasteiger partial charge in [0.15, 0.2) is 0 Å². The standard InChI is InChI=1S/C19H21NO3/c1-4-13-6-7-15(19(22)23-3)12-17(13)14-8-10-16(11-9-14)20-18(21)5-2/h6-12H,4-5H2,1-3H3,(H,20,21). The third kappa shape index (κ3) is 3.97. The minimum Gasteiger partial charge on any atom is -0.465 e. The number of esters is 1. The molecule has 0 radical (unpaired) electrons. The fourth-order valence-corrected chi connectivity index (χ4v) is 2.38. The highest BCUT2D eigenvalue weighted by atomic mass is 16.5. The van der Waals surface area contributed by atoms with Gasteiger partial charge in [-0.1, -0.05) is 32.0 Å². The van der Waals surface area contributed by atoms with Gasteiger partial charge >= 0.3 is 5.97 Å². The summed E-state index contributed by atoms with van der Waals surface area (Å²) < 4.78 is 4.79. The molecule has 0 aromatic heterocycles. The number of rotatable bonds is 5. The number of ether oxygens (including phenoxy) is 1. The Balaban J connectivity index is 2.36. The number of nitrogens with one attached hydrogen (secondary N) is 1.